The van der Waals surface area contributed by atoms with E-state index >= 15 is 0 Å². The van der Waals surface area contributed by atoms with Gasteiger partial charge in [0.25, 0.3) is 5.91 Å². The molecule has 0 spiro atoms. The predicted molar refractivity (Wildman–Crippen MR) is 113 cm³/mol. The Hall–Kier alpha value is -1.30. The third-order valence-electron chi connectivity index (χ3n) is 4.49. The van der Waals surface area contributed by atoms with Crippen LogP contribution in [0.15, 0.2) is 28.7 Å². The number of halogens is 4. The van der Waals surface area contributed by atoms with Gasteiger partial charge in [0.05, 0.1) is 22.3 Å². The molecule has 1 aliphatic carbocycles. The predicted octanol–water partition coefficient (Wildman–Crippen LogP) is 4.82. The minimum atomic E-state index is -1.18. The van der Waals surface area contributed by atoms with Crippen LogP contribution in [0.25, 0.3) is 0 Å². The maximum absolute atomic E-state index is 14.7. The molecule has 28 heavy (non-hydrogen) atoms. The number of carbonyl (C=O) groups is 1. The van der Waals surface area contributed by atoms with Gasteiger partial charge in [0.1, 0.15) is 6.10 Å². The Morgan fingerprint density at radius 1 is 1.36 bits per heavy atom. The number of carbonyl (C=O) groups excluding carboxylic acids is 1. The van der Waals surface area contributed by atoms with E-state index in [4.69, 9.17) is 4.84 Å². The van der Waals surface area contributed by atoms with Crippen LogP contribution in [-0.4, -0.2) is 23.7 Å². The molecule has 0 radical (unpaired) electrons. The standard InChI is InChI=1S/C19H18BrF2IN2O3/c1-9-6-11(23)4-5-14(9)24-18-12(7-13(20)16(21)17(18)22)19(27)25-28-15(8-26)10-2-3-10/h4-7,10,15,24,26H,2-3,8H2,1H3,(H,25,27). The van der Waals surface area contributed by atoms with Crippen molar-refractivity contribution in [3.05, 3.63) is 55.1 Å². The van der Waals surface area contributed by atoms with Gasteiger partial charge in [0.2, 0.25) is 0 Å². The molecule has 3 rings (SSSR count). The van der Waals surface area contributed by atoms with Crippen LogP contribution in [0.1, 0.15) is 28.8 Å². The molecule has 0 aliphatic heterocycles. The van der Waals surface area contributed by atoms with Gasteiger partial charge in [-0.15, -0.1) is 0 Å². The maximum Gasteiger partial charge on any atom is 0.277 e. The summed E-state index contributed by atoms with van der Waals surface area (Å²) in [6, 6.07) is 6.60. The SMILES string of the molecule is Cc1cc(I)ccc1Nc1c(C(=O)NOC(CO)C2CC2)cc(Br)c(F)c1F. The Kier molecular flexibility index (Phi) is 6.89. The lowest BCUT2D eigenvalue weighted by atomic mass is 10.1. The number of hydrogen-bond donors (Lipinski definition) is 3. The van der Waals surface area contributed by atoms with Crippen molar-refractivity contribution in [2.75, 3.05) is 11.9 Å². The smallest absolute Gasteiger partial charge is 0.277 e. The summed E-state index contributed by atoms with van der Waals surface area (Å²) in [6.07, 6.45) is 1.31. The molecule has 2 aromatic rings. The second kappa shape index (κ2) is 9.02. The zero-order chi connectivity index (χ0) is 20.4. The number of nitrogens with one attached hydrogen (secondary N) is 2. The van der Waals surface area contributed by atoms with Gasteiger partial charge in [-0.25, -0.2) is 14.3 Å². The number of rotatable bonds is 7. The highest BCUT2D eigenvalue weighted by molar-refractivity contribution is 14.1. The normalized spacial score (nSPS) is 14.6. The van der Waals surface area contributed by atoms with Gasteiger partial charge in [-0.05, 0) is 94.0 Å². The summed E-state index contributed by atoms with van der Waals surface area (Å²) in [5.74, 6) is -2.84. The molecule has 0 aromatic heterocycles. The zero-order valence-electron chi connectivity index (χ0n) is 14.9. The molecule has 0 saturated heterocycles. The highest BCUT2D eigenvalue weighted by Gasteiger charge is 2.33. The van der Waals surface area contributed by atoms with E-state index in [0.717, 1.165) is 22.0 Å². The van der Waals surface area contributed by atoms with Gasteiger partial charge >= 0.3 is 0 Å². The van der Waals surface area contributed by atoms with Gasteiger partial charge in [0, 0.05) is 9.26 Å². The van der Waals surface area contributed by atoms with Gasteiger partial charge in [-0.1, -0.05) is 0 Å². The molecule has 0 bridgehead atoms. The summed E-state index contributed by atoms with van der Waals surface area (Å²) in [5, 5.41) is 12.2. The first-order chi connectivity index (χ1) is 13.3. The number of aryl methyl sites for hydroxylation is 1. The molecule has 1 fully saturated rings. The summed E-state index contributed by atoms with van der Waals surface area (Å²) < 4.78 is 29.6. The van der Waals surface area contributed by atoms with Crippen molar-refractivity contribution in [3.8, 4) is 0 Å². The molecule has 150 valence electrons. The van der Waals surface area contributed by atoms with E-state index < -0.39 is 23.6 Å². The van der Waals surface area contributed by atoms with E-state index in [1.54, 1.807) is 6.07 Å². The number of anilines is 2. The minimum Gasteiger partial charge on any atom is -0.394 e. The number of amides is 1. The second-order valence-corrected chi connectivity index (χ2v) is 8.70. The van der Waals surface area contributed by atoms with Gasteiger partial charge in [-0.3, -0.25) is 9.63 Å². The molecular formula is C19H18BrF2IN2O3. The highest BCUT2D eigenvalue weighted by Crippen LogP contribution is 2.35. The number of benzene rings is 2. The van der Waals surface area contributed by atoms with Crippen LogP contribution in [0.5, 0.6) is 0 Å². The second-order valence-electron chi connectivity index (χ2n) is 6.60. The fourth-order valence-corrected chi connectivity index (χ4v) is 3.78. The Balaban J connectivity index is 1.89. The van der Waals surface area contributed by atoms with Gasteiger partial charge < -0.3 is 10.4 Å². The first-order valence-corrected chi connectivity index (χ1v) is 10.5. The average Bonchev–Trinajstić information content (AvgIpc) is 3.49. The van der Waals surface area contributed by atoms with Gasteiger partial charge in [0.15, 0.2) is 11.6 Å². The summed E-state index contributed by atoms with van der Waals surface area (Å²) in [6.45, 7) is 1.58. The van der Waals surface area contributed by atoms with E-state index in [9.17, 15) is 18.7 Å². The Labute approximate surface area is 183 Å². The Morgan fingerprint density at radius 2 is 2.07 bits per heavy atom. The molecular weight excluding hydrogens is 549 g/mol. The molecule has 1 amide bonds. The molecule has 5 nitrogen and oxygen atoms in total. The van der Waals surface area contributed by atoms with E-state index in [-0.39, 0.29) is 28.2 Å². The lowest BCUT2D eigenvalue weighted by Gasteiger charge is -2.18. The van der Waals surface area contributed by atoms with E-state index in [0.29, 0.717) is 5.69 Å². The number of aliphatic hydroxyl groups is 1. The van der Waals surface area contributed by atoms with Crippen molar-refractivity contribution in [2.45, 2.75) is 25.9 Å². The molecule has 1 unspecified atom stereocenters. The topological polar surface area (TPSA) is 70.6 Å². The largest absolute Gasteiger partial charge is 0.394 e. The van der Waals surface area contributed by atoms with E-state index in [2.05, 4.69) is 49.3 Å². The monoisotopic (exact) mass is 566 g/mol. The van der Waals surface area contributed by atoms with E-state index in [1.807, 2.05) is 19.1 Å². The summed E-state index contributed by atoms with van der Waals surface area (Å²) >= 11 is 5.08. The van der Waals surface area contributed by atoms with Crippen molar-refractivity contribution in [1.82, 2.24) is 5.48 Å². The lowest BCUT2D eigenvalue weighted by Crippen LogP contribution is -2.33. The molecule has 3 N–H and O–H groups in total. The third kappa shape index (κ3) is 4.81. The third-order valence-corrected chi connectivity index (χ3v) is 5.73. The van der Waals surface area contributed by atoms with Crippen LogP contribution in [0.4, 0.5) is 20.2 Å². The summed E-state index contributed by atoms with van der Waals surface area (Å²) in [4.78, 5) is 17.9. The average molecular weight is 567 g/mol. The van der Waals surface area contributed by atoms with Crippen molar-refractivity contribution >= 4 is 55.8 Å². The van der Waals surface area contributed by atoms with Crippen LogP contribution < -0.4 is 10.8 Å². The van der Waals surface area contributed by atoms with Crippen molar-refractivity contribution in [1.29, 1.82) is 0 Å². The zero-order valence-corrected chi connectivity index (χ0v) is 18.6. The Morgan fingerprint density at radius 3 is 2.68 bits per heavy atom. The number of aliphatic hydroxyl groups excluding tert-OH is 1. The van der Waals surface area contributed by atoms with Crippen LogP contribution >= 0.6 is 38.5 Å². The molecule has 9 heteroatoms. The highest BCUT2D eigenvalue weighted by atomic mass is 127. The number of hydrogen-bond acceptors (Lipinski definition) is 4. The van der Waals surface area contributed by atoms with Crippen molar-refractivity contribution in [2.24, 2.45) is 5.92 Å². The molecule has 0 heterocycles. The summed E-state index contributed by atoms with van der Waals surface area (Å²) in [5.41, 5.74) is 3.18. The van der Waals surface area contributed by atoms with Crippen LogP contribution in [-0.2, 0) is 4.84 Å². The van der Waals surface area contributed by atoms with Crippen molar-refractivity contribution < 1.29 is 23.5 Å². The summed E-state index contributed by atoms with van der Waals surface area (Å²) in [7, 11) is 0. The molecule has 1 saturated carbocycles. The fraction of sp³-hybridized carbons (Fsp3) is 0.316. The Bertz CT molecular complexity index is 909. The van der Waals surface area contributed by atoms with E-state index in [1.165, 1.54) is 6.07 Å². The maximum atomic E-state index is 14.7. The molecule has 2 aromatic carbocycles. The first kappa shape index (κ1) is 21.4. The fourth-order valence-electron chi connectivity index (χ4n) is 2.73. The van der Waals surface area contributed by atoms with Crippen LogP contribution in [0.3, 0.4) is 0 Å². The first-order valence-electron chi connectivity index (χ1n) is 8.59. The van der Waals surface area contributed by atoms with Crippen LogP contribution in [0.2, 0.25) is 0 Å². The quantitative estimate of drug-likeness (QED) is 0.255. The molecule has 1 atom stereocenters. The van der Waals surface area contributed by atoms with Crippen molar-refractivity contribution in [3.63, 3.8) is 0 Å². The molecule has 1 aliphatic rings. The minimum absolute atomic E-state index is 0.129. The van der Waals surface area contributed by atoms with Gasteiger partial charge in [-0.2, -0.15) is 0 Å². The number of hydroxylamine groups is 1. The van der Waals surface area contributed by atoms with Crippen LogP contribution in [0, 0.1) is 28.0 Å². The lowest BCUT2D eigenvalue weighted by molar-refractivity contribution is -0.0497.